The Kier molecular flexibility index (Phi) is 7.87. The summed E-state index contributed by atoms with van der Waals surface area (Å²) in [6.45, 7) is 8.62. The van der Waals surface area contributed by atoms with Gasteiger partial charge in [-0.3, -0.25) is 9.59 Å². The smallest absolute Gasteiger partial charge is 0.255 e. The van der Waals surface area contributed by atoms with Crippen LogP contribution in [-0.4, -0.2) is 55.3 Å². The maximum Gasteiger partial charge on any atom is 0.255 e. The molecule has 1 heterocycles. The molecule has 2 amide bonds. The zero-order valence-corrected chi connectivity index (χ0v) is 21.1. The molecule has 7 nitrogen and oxygen atoms in total. The van der Waals surface area contributed by atoms with Crippen LogP contribution in [0, 0.1) is 6.92 Å². The molecule has 2 N–H and O–H groups in total. The first-order valence-electron chi connectivity index (χ1n) is 10.8. The molecule has 178 valence electrons. The largest absolute Gasteiger partial charge is 0.341 e. The zero-order valence-electron chi connectivity index (χ0n) is 19.5. The molecule has 1 fully saturated rings. The Bertz CT molecular complexity index is 1120. The van der Waals surface area contributed by atoms with E-state index in [0.717, 1.165) is 30.2 Å². The molecular formula is C24H31N3O4S2. The molecule has 1 saturated heterocycles. The van der Waals surface area contributed by atoms with Crippen molar-refractivity contribution in [1.29, 1.82) is 0 Å². The Hall–Kier alpha value is -2.36. The van der Waals surface area contributed by atoms with E-state index in [1.807, 2.05) is 28.8 Å². The molecule has 0 saturated carbocycles. The second-order valence-corrected chi connectivity index (χ2v) is 12.1. The first-order chi connectivity index (χ1) is 15.4. The van der Waals surface area contributed by atoms with Crippen LogP contribution < -0.4 is 10.0 Å². The van der Waals surface area contributed by atoms with Crippen LogP contribution in [0.1, 0.15) is 42.3 Å². The maximum atomic E-state index is 12.9. The number of carbonyl (C=O) groups is 2. The number of sulfonamides is 1. The van der Waals surface area contributed by atoms with Crippen molar-refractivity contribution < 1.29 is 18.0 Å². The minimum atomic E-state index is -3.76. The number of nitrogens with one attached hydrogen (secondary N) is 2. The number of hydrogen-bond acceptors (Lipinski definition) is 5. The van der Waals surface area contributed by atoms with E-state index in [1.54, 1.807) is 45.9 Å². The molecule has 2 aromatic carbocycles. The quantitative estimate of drug-likeness (QED) is 0.648. The summed E-state index contributed by atoms with van der Waals surface area (Å²) in [6, 6.07) is 11.7. The van der Waals surface area contributed by atoms with Gasteiger partial charge in [-0.25, -0.2) is 13.1 Å². The third-order valence-corrected chi connectivity index (χ3v) is 7.83. The van der Waals surface area contributed by atoms with Crippen molar-refractivity contribution in [2.24, 2.45) is 0 Å². The molecule has 0 spiro atoms. The Morgan fingerprint density at radius 1 is 1.03 bits per heavy atom. The van der Waals surface area contributed by atoms with Gasteiger partial charge in [0.2, 0.25) is 15.9 Å². The maximum absolute atomic E-state index is 12.9. The molecular weight excluding hydrogens is 458 g/mol. The summed E-state index contributed by atoms with van der Waals surface area (Å²) in [5.41, 5.74) is 1.78. The van der Waals surface area contributed by atoms with E-state index in [0.29, 0.717) is 17.7 Å². The first kappa shape index (κ1) is 25.3. The lowest BCUT2D eigenvalue weighted by Crippen LogP contribution is -2.40. The molecule has 9 heteroatoms. The molecule has 0 aromatic heterocycles. The number of anilines is 1. The minimum Gasteiger partial charge on any atom is -0.341 e. The van der Waals surface area contributed by atoms with E-state index in [2.05, 4.69) is 10.0 Å². The second kappa shape index (κ2) is 10.3. The molecule has 3 rings (SSSR count). The Morgan fingerprint density at radius 3 is 2.27 bits per heavy atom. The monoisotopic (exact) mass is 489 g/mol. The predicted molar refractivity (Wildman–Crippen MR) is 133 cm³/mol. The van der Waals surface area contributed by atoms with E-state index >= 15 is 0 Å². The van der Waals surface area contributed by atoms with Gasteiger partial charge in [0.15, 0.2) is 0 Å². The van der Waals surface area contributed by atoms with Gasteiger partial charge >= 0.3 is 0 Å². The highest BCUT2D eigenvalue weighted by atomic mass is 32.2. The van der Waals surface area contributed by atoms with Gasteiger partial charge < -0.3 is 10.2 Å². The van der Waals surface area contributed by atoms with Gasteiger partial charge in [0, 0.05) is 41.4 Å². The third kappa shape index (κ3) is 7.06. The average molecular weight is 490 g/mol. The van der Waals surface area contributed by atoms with Crippen molar-refractivity contribution in [1.82, 2.24) is 9.62 Å². The van der Waals surface area contributed by atoms with Crippen molar-refractivity contribution in [3.8, 4) is 0 Å². The van der Waals surface area contributed by atoms with Gasteiger partial charge in [0.1, 0.15) is 0 Å². The lowest BCUT2D eigenvalue weighted by molar-refractivity contribution is -0.130. The van der Waals surface area contributed by atoms with Crippen molar-refractivity contribution in [3.05, 3.63) is 59.2 Å². The van der Waals surface area contributed by atoms with E-state index in [4.69, 9.17) is 0 Å². The van der Waals surface area contributed by atoms with Crippen molar-refractivity contribution in [3.63, 3.8) is 0 Å². The van der Waals surface area contributed by atoms with Gasteiger partial charge in [-0.1, -0.05) is 18.2 Å². The fraction of sp³-hybridized carbons (Fsp3) is 0.417. The summed E-state index contributed by atoms with van der Waals surface area (Å²) < 4.78 is 27.9. The van der Waals surface area contributed by atoms with Crippen LogP contribution in [0.25, 0.3) is 0 Å². The molecule has 0 aliphatic carbocycles. The summed E-state index contributed by atoms with van der Waals surface area (Å²) in [4.78, 5) is 27.3. The standard InChI is InChI=1S/C24H31N3O4S2/c1-17-5-10-20(33(30,31)26-24(2,3)4)16-21(17)23(29)25-19-8-6-18(7-9-19)15-22(28)27-11-13-32-14-12-27/h5-10,16,26H,11-15H2,1-4H3,(H,25,29). The topological polar surface area (TPSA) is 95.6 Å². The summed E-state index contributed by atoms with van der Waals surface area (Å²) in [6.07, 6.45) is 0.332. The lowest BCUT2D eigenvalue weighted by atomic mass is 10.1. The number of thioether (sulfide) groups is 1. The van der Waals surface area contributed by atoms with Gasteiger partial charge in [-0.2, -0.15) is 11.8 Å². The van der Waals surface area contributed by atoms with Crippen LogP contribution >= 0.6 is 11.8 Å². The van der Waals surface area contributed by atoms with Gasteiger partial charge in [-0.15, -0.1) is 0 Å². The zero-order chi connectivity index (χ0) is 24.2. The van der Waals surface area contributed by atoms with Gasteiger partial charge in [0.05, 0.1) is 11.3 Å². The van der Waals surface area contributed by atoms with Crippen molar-refractivity contribution >= 4 is 39.3 Å². The number of rotatable bonds is 6. The predicted octanol–water partition coefficient (Wildman–Crippen LogP) is 3.44. The lowest BCUT2D eigenvalue weighted by Gasteiger charge is -2.26. The number of amides is 2. The second-order valence-electron chi connectivity index (χ2n) is 9.15. The highest BCUT2D eigenvalue weighted by molar-refractivity contribution is 7.99. The normalized spacial score (nSPS) is 14.7. The van der Waals surface area contributed by atoms with Crippen LogP contribution in [0.15, 0.2) is 47.4 Å². The third-order valence-electron chi connectivity index (χ3n) is 5.14. The fourth-order valence-corrected chi connectivity index (χ4v) is 5.83. The Morgan fingerprint density at radius 2 is 1.67 bits per heavy atom. The van der Waals surface area contributed by atoms with Gasteiger partial charge in [0.25, 0.3) is 5.91 Å². The number of aryl methyl sites for hydroxylation is 1. The number of hydrogen-bond donors (Lipinski definition) is 2. The molecule has 0 unspecified atom stereocenters. The van der Waals surface area contributed by atoms with Crippen LogP contribution in [0.4, 0.5) is 5.69 Å². The van der Waals surface area contributed by atoms with E-state index in [1.165, 1.54) is 12.1 Å². The molecule has 0 bridgehead atoms. The molecule has 2 aromatic rings. The van der Waals surface area contributed by atoms with E-state index in [9.17, 15) is 18.0 Å². The summed E-state index contributed by atoms with van der Waals surface area (Å²) in [5.74, 6) is 1.68. The number of carbonyl (C=O) groups excluding carboxylic acids is 2. The number of nitrogens with zero attached hydrogens (tertiary/aromatic N) is 1. The molecule has 33 heavy (non-hydrogen) atoms. The molecule has 1 aliphatic heterocycles. The van der Waals surface area contributed by atoms with E-state index < -0.39 is 21.5 Å². The molecule has 0 atom stereocenters. The Labute approximate surface area is 200 Å². The van der Waals surface area contributed by atoms with Crippen molar-refractivity contribution in [2.75, 3.05) is 29.9 Å². The van der Waals surface area contributed by atoms with Crippen LogP contribution in [-0.2, 0) is 21.2 Å². The number of benzene rings is 2. The summed E-state index contributed by atoms with van der Waals surface area (Å²) in [5, 5.41) is 2.82. The average Bonchev–Trinajstić information content (AvgIpc) is 2.74. The Balaban J connectivity index is 1.69. The van der Waals surface area contributed by atoms with Crippen LogP contribution in [0.3, 0.4) is 0 Å². The van der Waals surface area contributed by atoms with E-state index in [-0.39, 0.29) is 16.4 Å². The van der Waals surface area contributed by atoms with Gasteiger partial charge in [-0.05, 0) is 63.1 Å². The van der Waals surface area contributed by atoms with Crippen LogP contribution in [0.5, 0.6) is 0 Å². The molecule has 1 aliphatic rings. The van der Waals surface area contributed by atoms with Crippen molar-refractivity contribution in [2.45, 2.75) is 44.6 Å². The SMILES string of the molecule is Cc1ccc(S(=O)(=O)NC(C)(C)C)cc1C(=O)Nc1ccc(CC(=O)N2CCSCC2)cc1. The highest BCUT2D eigenvalue weighted by Gasteiger charge is 2.23. The fourth-order valence-electron chi connectivity index (χ4n) is 3.48. The summed E-state index contributed by atoms with van der Waals surface area (Å²) in [7, 11) is -3.76. The molecule has 0 radical (unpaired) electrons. The summed E-state index contributed by atoms with van der Waals surface area (Å²) >= 11 is 1.86. The van der Waals surface area contributed by atoms with Crippen LogP contribution in [0.2, 0.25) is 0 Å². The minimum absolute atomic E-state index is 0.0400. The highest BCUT2D eigenvalue weighted by Crippen LogP contribution is 2.20. The first-order valence-corrected chi connectivity index (χ1v) is 13.5.